The van der Waals surface area contributed by atoms with Crippen LogP contribution in [-0.4, -0.2) is 136 Å². The highest BCUT2D eigenvalue weighted by atomic mass is 19.3. The lowest BCUT2D eigenvalue weighted by Crippen LogP contribution is -2.39. The van der Waals surface area contributed by atoms with Crippen molar-refractivity contribution in [2.75, 3.05) is 33.3 Å². The normalized spacial score (nSPS) is 13.4. The number of aromatic nitrogens is 12. The van der Waals surface area contributed by atoms with Crippen molar-refractivity contribution < 1.29 is 56.0 Å². The van der Waals surface area contributed by atoms with Crippen molar-refractivity contribution >= 4 is 23.6 Å². The van der Waals surface area contributed by atoms with E-state index in [2.05, 4.69) is 40.3 Å². The number of rotatable bonds is 18. The summed E-state index contributed by atoms with van der Waals surface area (Å²) in [7, 11) is 1.47. The van der Waals surface area contributed by atoms with Crippen LogP contribution in [0.1, 0.15) is 110 Å². The number of halogens is 3. The van der Waals surface area contributed by atoms with Crippen molar-refractivity contribution in [3.8, 4) is 29.4 Å². The minimum absolute atomic E-state index is 0.0291. The fraction of sp³-hybridized carbons (Fsp3) is 0.259. The van der Waals surface area contributed by atoms with Crippen LogP contribution in [0.2, 0.25) is 0 Å². The minimum Gasteiger partial charge on any atom is -0.479 e. The van der Waals surface area contributed by atoms with Crippen molar-refractivity contribution in [1.82, 2.24) is 78.7 Å². The Bertz CT molecular complexity index is 4930. The van der Waals surface area contributed by atoms with Gasteiger partial charge in [-0.25, -0.2) is 33.1 Å². The number of amides is 4. The first kappa shape index (κ1) is 74.3. The fourth-order valence-corrected chi connectivity index (χ4v) is 12.4. The van der Waals surface area contributed by atoms with E-state index < -0.39 is 23.2 Å². The molecule has 0 saturated carbocycles. The Morgan fingerprint density at radius 3 is 1.11 bits per heavy atom. The van der Waals surface area contributed by atoms with E-state index in [1.807, 2.05) is 190 Å². The Morgan fingerprint density at radius 2 is 0.743 bits per heavy atom. The second-order valence-electron chi connectivity index (χ2n) is 26.2. The number of fused-ring (bicyclic) bond motifs is 4. The Morgan fingerprint density at radius 1 is 0.404 bits per heavy atom. The summed E-state index contributed by atoms with van der Waals surface area (Å²) in [5, 5.41) is 17.8. The van der Waals surface area contributed by atoms with Crippen molar-refractivity contribution in [3.63, 3.8) is 0 Å². The molecule has 0 atom stereocenters. The summed E-state index contributed by atoms with van der Waals surface area (Å²) >= 11 is 0. The number of carbonyl (C=O) groups is 4. The molecule has 109 heavy (non-hydrogen) atoms. The summed E-state index contributed by atoms with van der Waals surface area (Å²) in [5.74, 6) is -1.97. The molecule has 0 aliphatic carbocycles. The van der Waals surface area contributed by atoms with Gasteiger partial charge in [-0.3, -0.25) is 37.9 Å². The summed E-state index contributed by atoms with van der Waals surface area (Å²) in [6.45, 7) is 12.5. The maximum atomic E-state index is 13.7. The molecule has 10 heterocycles. The highest BCUT2D eigenvalue weighted by Crippen LogP contribution is 2.32. The van der Waals surface area contributed by atoms with Gasteiger partial charge in [-0.05, 0) is 66.4 Å². The van der Waals surface area contributed by atoms with E-state index in [-0.39, 0.29) is 41.4 Å². The van der Waals surface area contributed by atoms with Crippen molar-refractivity contribution in [2.24, 2.45) is 0 Å². The molecular formula is C81H79F3N16O9. The third kappa shape index (κ3) is 19.2. The molecular weight excluding hydrogens is 1400 g/mol. The molecule has 25 nitrogen and oxygen atoms in total. The molecule has 558 valence electrons. The molecule has 12 aromatic rings. The van der Waals surface area contributed by atoms with E-state index in [4.69, 9.17) is 23.7 Å². The Kier molecular flexibility index (Phi) is 23.5. The molecule has 0 spiro atoms. The van der Waals surface area contributed by atoms with Gasteiger partial charge in [0.1, 0.15) is 38.1 Å². The van der Waals surface area contributed by atoms with Crippen LogP contribution in [0.3, 0.4) is 0 Å². The van der Waals surface area contributed by atoms with Gasteiger partial charge in [0.05, 0.1) is 93.4 Å². The maximum Gasteiger partial charge on any atom is 0.278 e. The lowest BCUT2D eigenvalue weighted by Gasteiger charge is -2.28. The quantitative estimate of drug-likeness (QED) is 0.0774. The monoisotopic (exact) mass is 1480 g/mol. The number of aryl methyl sites for hydroxylation is 2. The van der Waals surface area contributed by atoms with Gasteiger partial charge < -0.3 is 43.3 Å². The largest absolute Gasteiger partial charge is 0.479 e. The number of carbonyl (C=O) groups excluding carboxylic acids is 4. The molecule has 28 heteroatoms. The summed E-state index contributed by atoms with van der Waals surface area (Å²) < 4.78 is 76.7. The molecule has 0 fully saturated rings. The molecule has 6 aromatic heterocycles. The number of methoxy groups -OCH3 is 1. The highest BCUT2D eigenvalue weighted by Gasteiger charge is 2.33. The van der Waals surface area contributed by atoms with Crippen LogP contribution >= 0.6 is 0 Å². The average molecular weight is 1480 g/mol. The molecule has 0 radical (unpaired) electrons. The number of ether oxygens (including phenoxy) is 5. The first-order valence-corrected chi connectivity index (χ1v) is 35.4. The third-order valence-electron chi connectivity index (χ3n) is 18.2. The second-order valence-corrected chi connectivity index (χ2v) is 26.2. The van der Waals surface area contributed by atoms with E-state index in [0.29, 0.717) is 140 Å². The molecule has 4 aliphatic rings. The van der Waals surface area contributed by atoms with Crippen LogP contribution in [0.4, 0.5) is 13.2 Å². The van der Waals surface area contributed by atoms with Crippen LogP contribution < -0.4 is 23.7 Å². The first-order valence-electron chi connectivity index (χ1n) is 35.4. The predicted octanol–water partition coefficient (Wildman–Crippen LogP) is 11.9. The SMILES string of the molecule is CC(F)(F)c1cc(C(=O)N2CCn3nc(OCc4ccccc4)cc3C2)ccc1F.COc1nccnc1C(=O)N1CCn2nc(OCc3ccccc3)cc2C1.Cc1ccc(C(=O)N2CCn3nc(OCc4ccccc4)cc3C2)cc1.Cc1ncc(C(=O)N2CCn3nc(OCc4ccccc4)cc3C2)cn1. The topological polar surface area (TPSA) is 250 Å². The van der Waals surface area contributed by atoms with E-state index in [1.165, 1.54) is 30.5 Å². The summed E-state index contributed by atoms with van der Waals surface area (Å²) in [5.41, 5.74) is 9.79. The molecule has 0 bridgehead atoms. The van der Waals surface area contributed by atoms with Crippen LogP contribution in [0, 0.1) is 19.7 Å². The third-order valence-corrected chi connectivity index (χ3v) is 18.2. The number of benzene rings is 6. The van der Waals surface area contributed by atoms with Crippen LogP contribution in [0.5, 0.6) is 29.4 Å². The number of hydrogen-bond acceptors (Lipinski definition) is 17. The zero-order valence-electron chi connectivity index (χ0n) is 60.5. The van der Waals surface area contributed by atoms with Crippen LogP contribution in [0.15, 0.2) is 213 Å². The molecule has 4 aliphatic heterocycles. The zero-order valence-corrected chi connectivity index (χ0v) is 60.5. The predicted molar refractivity (Wildman–Crippen MR) is 393 cm³/mol. The van der Waals surface area contributed by atoms with Gasteiger partial charge in [-0.15, -0.1) is 20.4 Å². The maximum absolute atomic E-state index is 13.7. The summed E-state index contributed by atoms with van der Waals surface area (Å²) in [6, 6.07) is 57.8. The minimum atomic E-state index is -3.37. The molecule has 16 rings (SSSR count). The van der Waals surface area contributed by atoms with Crippen LogP contribution in [-0.2, 0) is 84.7 Å². The number of nitrogens with zero attached hydrogens (tertiary/aromatic N) is 16. The van der Waals surface area contributed by atoms with Gasteiger partial charge in [-0.2, -0.15) is 0 Å². The highest BCUT2D eigenvalue weighted by molar-refractivity contribution is 5.96. The second kappa shape index (κ2) is 34.5. The fourth-order valence-electron chi connectivity index (χ4n) is 12.4. The van der Waals surface area contributed by atoms with E-state index in [0.717, 1.165) is 68.3 Å². The van der Waals surface area contributed by atoms with E-state index in [1.54, 1.807) is 39.9 Å². The lowest BCUT2D eigenvalue weighted by molar-refractivity contribution is 0.0136. The van der Waals surface area contributed by atoms with Crippen LogP contribution in [0.25, 0.3) is 0 Å². The van der Waals surface area contributed by atoms with Crippen molar-refractivity contribution in [1.29, 1.82) is 0 Å². The first-order chi connectivity index (χ1) is 52.9. The van der Waals surface area contributed by atoms with Gasteiger partial charge in [0.2, 0.25) is 29.4 Å². The molecule has 0 saturated heterocycles. The average Bonchev–Trinajstić information content (AvgIpc) is 1.80. The Hall–Kier alpha value is -13.0. The van der Waals surface area contributed by atoms with Gasteiger partial charge >= 0.3 is 0 Å². The molecule has 0 unspecified atom stereocenters. The van der Waals surface area contributed by atoms with Gasteiger partial charge in [0.25, 0.3) is 29.6 Å². The van der Waals surface area contributed by atoms with Crippen molar-refractivity contribution in [2.45, 2.75) is 105 Å². The van der Waals surface area contributed by atoms with Gasteiger partial charge in [-0.1, -0.05) is 139 Å². The Labute approximate surface area is 626 Å². The standard InChI is InChI=1S/C22H20F3N3O2.C21H21N3O2.C19H19N5O3.C19H19N5O2/c1-22(24,25)18-11-16(7-8-19(18)23)21(29)27-9-10-28-17(13-27)12-20(26-28)30-14-15-5-3-2-4-6-15;1-16-7-9-18(10-8-16)21(25)23-11-12-24-19(14-23)13-20(22-24)26-15-17-5-3-2-4-6-17;1-26-18-17(20-7-8-21-18)19(25)23-9-10-24-15(12-23)11-16(22-24)27-13-14-5-3-2-4-6-14;1-14-20-10-16(11-21-14)19(25)23-7-8-24-17(12-23)9-18(22-24)26-13-15-5-3-2-4-6-15/h2-8,11-12H,9-10,13-14H2,1H3;2-10,13H,11-12,14-15H2,1H3;2-8,11H,9-10,12-13H2,1H3;2-6,9-11H,7-8,12-13H2,1H3. The van der Waals surface area contributed by atoms with Crippen molar-refractivity contribution in [3.05, 3.63) is 303 Å². The molecule has 0 N–H and O–H groups in total. The van der Waals surface area contributed by atoms with E-state index >= 15 is 0 Å². The van der Waals surface area contributed by atoms with Gasteiger partial charge in [0.15, 0.2) is 5.69 Å². The smallest absolute Gasteiger partial charge is 0.278 e. The Balaban J connectivity index is 0.000000128. The molecule has 4 amide bonds. The lowest BCUT2D eigenvalue weighted by atomic mass is 10.0. The van der Waals surface area contributed by atoms with E-state index in [9.17, 15) is 32.3 Å². The molecule has 6 aromatic carbocycles. The summed E-state index contributed by atoms with van der Waals surface area (Å²) in [4.78, 5) is 74.2. The van der Waals surface area contributed by atoms with Gasteiger partial charge in [0, 0.05) is 93.3 Å². The zero-order chi connectivity index (χ0) is 75.8. The number of alkyl halides is 2. The number of hydrogen-bond donors (Lipinski definition) is 0. The summed E-state index contributed by atoms with van der Waals surface area (Å²) in [6.07, 6.45) is 6.13.